The van der Waals surface area contributed by atoms with E-state index >= 15 is 0 Å². The van der Waals surface area contributed by atoms with Crippen molar-refractivity contribution in [1.82, 2.24) is 0 Å². The highest BCUT2D eigenvalue weighted by atomic mass is 16.3. The van der Waals surface area contributed by atoms with E-state index < -0.39 is 0 Å². The Kier molecular flexibility index (Phi) is 5.64. The van der Waals surface area contributed by atoms with Crippen molar-refractivity contribution in [3.63, 3.8) is 0 Å². The number of hydrogen-bond donors (Lipinski definition) is 0. The molecule has 10 aromatic rings. The van der Waals surface area contributed by atoms with E-state index in [4.69, 9.17) is 4.42 Å². The maximum Gasteiger partial charge on any atom is 0.136 e. The minimum atomic E-state index is 0.928. The van der Waals surface area contributed by atoms with Crippen molar-refractivity contribution in [2.45, 2.75) is 0 Å². The van der Waals surface area contributed by atoms with Crippen molar-refractivity contribution in [1.29, 1.82) is 0 Å². The lowest BCUT2D eigenvalue weighted by molar-refractivity contribution is 0.669. The van der Waals surface area contributed by atoms with Crippen molar-refractivity contribution in [2.24, 2.45) is 0 Å². The Morgan fingerprint density at radius 2 is 0.787 bits per heavy atom. The third kappa shape index (κ3) is 3.90. The van der Waals surface area contributed by atoms with Crippen molar-refractivity contribution < 1.29 is 4.42 Å². The number of furan rings is 1. The minimum absolute atomic E-state index is 0.928. The smallest absolute Gasteiger partial charge is 0.136 e. The maximum atomic E-state index is 6.50. The Hall–Kier alpha value is -6.18. The van der Waals surface area contributed by atoms with E-state index in [-0.39, 0.29) is 0 Å². The van der Waals surface area contributed by atoms with Crippen LogP contribution in [-0.2, 0) is 0 Å². The molecule has 0 fully saturated rings. The summed E-state index contributed by atoms with van der Waals surface area (Å²) in [6, 6.07) is 61.5. The fourth-order valence-corrected chi connectivity index (χ4v) is 7.82. The molecule has 0 aliphatic rings. The Balaban J connectivity index is 1.34. The summed E-state index contributed by atoms with van der Waals surface area (Å²) >= 11 is 0. The second-order valence-electron chi connectivity index (χ2n) is 12.4. The monoisotopic (exact) mass is 596 g/mol. The van der Waals surface area contributed by atoms with Gasteiger partial charge in [0.2, 0.25) is 0 Å². The molecule has 0 aliphatic carbocycles. The van der Waals surface area contributed by atoms with Gasteiger partial charge in [-0.25, -0.2) is 0 Å². The first-order valence-corrected chi connectivity index (χ1v) is 16.2. The fourth-order valence-electron chi connectivity index (χ4n) is 7.82. The molecule has 0 unspecified atom stereocenters. The first kappa shape index (κ1) is 26.1. The molecule has 9 aromatic carbocycles. The van der Waals surface area contributed by atoms with Crippen molar-refractivity contribution in [3.05, 3.63) is 170 Å². The van der Waals surface area contributed by atoms with Gasteiger partial charge in [-0.2, -0.15) is 0 Å². The Morgan fingerprint density at radius 1 is 0.277 bits per heavy atom. The Bertz CT molecular complexity index is 2710. The second kappa shape index (κ2) is 10.2. The van der Waals surface area contributed by atoms with Crippen LogP contribution in [0.5, 0.6) is 0 Å². The summed E-state index contributed by atoms with van der Waals surface area (Å²) in [4.78, 5) is 0. The van der Waals surface area contributed by atoms with Crippen LogP contribution in [0, 0.1) is 0 Å². The molecule has 1 heteroatoms. The zero-order chi connectivity index (χ0) is 30.9. The molecule has 0 radical (unpaired) electrons. The summed E-state index contributed by atoms with van der Waals surface area (Å²) in [7, 11) is 0. The lowest BCUT2D eigenvalue weighted by Gasteiger charge is -2.20. The third-order valence-corrected chi connectivity index (χ3v) is 9.83. The van der Waals surface area contributed by atoms with E-state index in [1.54, 1.807) is 0 Å². The minimum Gasteiger partial charge on any atom is -0.456 e. The van der Waals surface area contributed by atoms with Crippen LogP contribution < -0.4 is 0 Å². The normalized spacial score (nSPS) is 11.8. The number of benzene rings is 9. The average Bonchev–Trinajstić information content (AvgIpc) is 3.53. The summed E-state index contributed by atoms with van der Waals surface area (Å²) in [5.74, 6) is 0. The average molecular weight is 597 g/mol. The summed E-state index contributed by atoms with van der Waals surface area (Å²) in [6.07, 6.45) is 0. The van der Waals surface area contributed by atoms with Gasteiger partial charge in [0.15, 0.2) is 0 Å². The number of rotatable bonds is 4. The van der Waals surface area contributed by atoms with Crippen LogP contribution in [0.25, 0.3) is 98.8 Å². The van der Waals surface area contributed by atoms with Crippen LogP contribution in [0.4, 0.5) is 0 Å². The van der Waals surface area contributed by atoms with Gasteiger partial charge in [0.05, 0.1) is 0 Å². The molecule has 1 nitrogen and oxygen atoms in total. The molecule has 0 aliphatic heterocycles. The molecular formula is C46H28O. The summed E-state index contributed by atoms with van der Waals surface area (Å²) in [5, 5.41) is 9.81. The summed E-state index contributed by atoms with van der Waals surface area (Å²) in [6.45, 7) is 0. The molecule has 0 amide bonds. The highest BCUT2D eigenvalue weighted by Crippen LogP contribution is 2.50. The molecule has 10 rings (SSSR count). The van der Waals surface area contributed by atoms with E-state index in [0.717, 1.165) is 11.2 Å². The predicted octanol–water partition coefficient (Wildman–Crippen LogP) is 13.2. The SMILES string of the molecule is c1ccc(-c2cccc(-c3c4ccccc4c(-c4cc5c(-c6ccccc6)ccc6oc7cccc4c7c65)c4ccccc34)c2)cc1. The molecule has 218 valence electrons. The largest absolute Gasteiger partial charge is 0.456 e. The number of fused-ring (bicyclic) bond motifs is 2. The van der Waals surface area contributed by atoms with Gasteiger partial charge in [0, 0.05) is 10.8 Å². The zero-order valence-corrected chi connectivity index (χ0v) is 25.6. The highest BCUT2D eigenvalue weighted by molar-refractivity contribution is 6.31. The van der Waals surface area contributed by atoms with Crippen molar-refractivity contribution in [2.75, 3.05) is 0 Å². The topological polar surface area (TPSA) is 13.1 Å². The quantitative estimate of drug-likeness (QED) is 0.145. The Labute approximate surface area is 272 Å². The molecule has 1 heterocycles. The van der Waals surface area contributed by atoms with Gasteiger partial charge in [-0.1, -0.05) is 146 Å². The highest BCUT2D eigenvalue weighted by Gasteiger charge is 2.23. The molecule has 0 spiro atoms. The van der Waals surface area contributed by atoms with Crippen LogP contribution in [-0.4, -0.2) is 0 Å². The molecule has 0 atom stereocenters. The lowest BCUT2D eigenvalue weighted by Crippen LogP contribution is -1.93. The van der Waals surface area contributed by atoms with Crippen LogP contribution in [0.2, 0.25) is 0 Å². The standard InChI is InChI=1S/C46H28O/c1-3-13-29(14-4-1)31-17-11-18-32(27-31)43-34-19-7-9-21-36(34)44(37-22-10-8-20-35(37)43)40-28-39-33(30-15-5-2-6-16-30)25-26-42-46(39)45-38(40)23-12-24-41(45)47-42/h1-28H. The van der Waals surface area contributed by atoms with Crippen LogP contribution in [0.3, 0.4) is 0 Å². The second-order valence-corrected chi connectivity index (χ2v) is 12.4. The maximum absolute atomic E-state index is 6.50. The van der Waals surface area contributed by atoms with E-state index in [9.17, 15) is 0 Å². The summed E-state index contributed by atoms with van der Waals surface area (Å²) < 4.78 is 6.50. The number of hydrogen-bond acceptors (Lipinski definition) is 1. The molecule has 0 N–H and O–H groups in total. The molecule has 0 saturated carbocycles. The fraction of sp³-hybridized carbons (Fsp3) is 0. The molecule has 47 heavy (non-hydrogen) atoms. The van der Waals surface area contributed by atoms with Gasteiger partial charge in [-0.05, 0) is 101 Å². The molecule has 0 saturated heterocycles. The van der Waals surface area contributed by atoms with Crippen LogP contribution in [0.1, 0.15) is 0 Å². The van der Waals surface area contributed by atoms with E-state index in [1.165, 1.54) is 87.6 Å². The predicted molar refractivity (Wildman–Crippen MR) is 199 cm³/mol. The van der Waals surface area contributed by atoms with Crippen LogP contribution in [0.15, 0.2) is 174 Å². The zero-order valence-electron chi connectivity index (χ0n) is 25.6. The van der Waals surface area contributed by atoms with Gasteiger partial charge < -0.3 is 4.42 Å². The van der Waals surface area contributed by atoms with E-state index in [2.05, 4.69) is 170 Å². The molecular weight excluding hydrogens is 569 g/mol. The molecule has 1 aromatic heterocycles. The van der Waals surface area contributed by atoms with Crippen molar-refractivity contribution >= 4 is 54.3 Å². The first-order chi connectivity index (χ1) is 23.3. The van der Waals surface area contributed by atoms with Gasteiger partial charge in [-0.3, -0.25) is 0 Å². The lowest BCUT2D eigenvalue weighted by atomic mass is 9.83. The molecule has 0 bridgehead atoms. The van der Waals surface area contributed by atoms with Gasteiger partial charge in [0.1, 0.15) is 11.2 Å². The van der Waals surface area contributed by atoms with Crippen LogP contribution >= 0.6 is 0 Å². The van der Waals surface area contributed by atoms with Crippen molar-refractivity contribution in [3.8, 4) is 44.5 Å². The van der Waals surface area contributed by atoms with Gasteiger partial charge in [-0.15, -0.1) is 0 Å². The van der Waals surface area contributed by atoms with E-state index in [0.29, 0.717) is 0 Å². The van der Waals surface area contributed by atoms with E-state index in [1.807, 2.05) is 0 Å². The third-order valence-electron chi connectivity index (χ3n) is 9.83. The van der Waals surface area contributed by atoms with Gasteiger partial charge >= 0.3 is 0 Å². The summed E-state index contributed by atoms with van der Waals surface area (Å²) in [5.41, 5.74) is 11.7. The Morgan fingerprint density at radius 3 is 1.49 bits per heavy atom. The van der Waals surface area contributed by atoms with Gasteiger partial charge in [0.25, 0.3) is 0 Å². The first-order valence-electron chi connectivity index (χ1n) is 16.2.